The van der Waals surface area contributed by atoms with Gasteiger partial charge in [0.25, 0.3) is 5.91 Å². The third kappa shape index (κ3) is 3.38. The smallest absolute Gasteiger partial charge is 0.259 e. The first-order valence-corrected chi connectivity index (χ1v) is 9.73. The predicted molar refractivity (Wildman–Crippen MR) is 117 cm³/mol. The number of nitrogens with one attached hydrogen (secondary N) is 1. The van der Waals surface area contributed by atoms with Gasteiger partial charge in [0.05, 0.1) is 17.0 Å². The van der Waals surface area contributed by atoms with Crippen molar-refractivity contribution in [2.24, 2.45) is 0 Å². The Labute approximate surface area is 174 Å². The van der Waals surface area contributed by atoms with Crippen molar-refractivity contribution in [3.8, 4) is 11.1 Å². The van der Waals surface area contributed by atoms with E-state index in [1.807, 2.05) is 39.0 Å². The largest absolute Gasteiger partial charge is 0.322 e. The average Bonchev–Trinajstić information content (AvgIpc) is 3.02. The first-order chi connectivity index (χ1) is 13.9. The number of hydrogen-bond acceptors (Lipinski definition) is 3. The summed E-state index contributed by atoms with van der Waals surface area (Å²) >= 11 is 6.16. The lowest BCUT2D eigenvalue weighted by molar-refractivity contribution is 0.102. The van der Waals surface area contributed by atoms with Crippen LogP contribution in [0.2, 0.25) is 5.02 Å². The van der Waals surface area contributed by atoms with E-state index in [0.717, 1.165) is 33.7 Å². The number of fused-ring (bicyclic) bond motifs is 1. The number of carbonyl (C=O) groups is 1. The lowest BCUT2D eigenvalue weighted by Gasteiger charge is -2.11. The molecule has 2 aromatic carbocycles. The Morgan fingerprint density at radius 3 is 2.59 bits per heavy atom. The minimum Gasteiger partial charge on any atom is -0.322 e. The van der Waals surface area contributed by atoms with Gasteiger partial charge in [0.2, 0.25) is 0 Å². The van der Waals surface area contributed by atoms with Crippen LogP contribution in [-0.2, 0) is 0 Å². The van der Waals surface area contributed by atoms with Crippen LogP contribution >= 0.6 is 11.6 Å². The summed E-state index contributed by atoms with van der Waals surface area (Å²) in [4.78, 5) is 17.5. The molecule has 0 radical (unpaired) electrons. The van der Waals surface area contributed by atoms with E-state index >= 15 is 0 Å². The summed E-state index contributed by atoms with van der Waals surface area (Å²) in [5.74, 6) is -0.243. The first-order valence-electron chi connectivity index (χ1n) is 9.35. The molecule has 0 aliphatic heterocycles. The van der Waals surface area contributed by atoms with Gasteiger partial charge in [0, 0.05) is 22.5 Å². The van der Waals surface area contributed by atoms with Crippen LogP contribution in [0, 0.1) is 27.7 Å². The zero-order valence-corrected chi connectivity index (χ0v) is 17.5. The number of hydrogen-bond donors (Lipinski definition) is 1. The van der Waals surface area contributed by atoms with Gasteiger partial charge >= 0.3 is 0 Å². The topological polar surface area (TPSA) is 59.3 Å². The molecule has 0 unspecified atom stereocenters. The van der Waals surface area contributed by atoms with Crippen LogP contribution in [0.3, 0.4) is 0 Å². The summed E-state index contributed by atoms with van der Waals surface area (Å²) in [7, 11) is 0. The number of carbonyl (C=O) groups excluding carboxylic acids is 1. The standard InChI is InChI=1S/C23H21ClN4O/c1-13-7-5-8-17(11-13)21-15(3)27-28-16(4)18(12-25-22(21)28)23(29)26-20-10-6-9-19(24)14(20)2/h5-12H,1-4H3,(H,26,29). The van der Waals surface area contributed by atoms with Crippen LogP contribution in [0.25, 0.3) is 16.8 Å². The second-order valence-electron chi connectivity index (χ2n) is 7.19. The molecule has 0 atom stereocenters. The summed E-state index contributed by atoms with van der Waals surface area (Å²) in [6.45, 7) is 7.77. The van der Waals surface area contributed by atoms with Crippen LogP contribution in [-0.4, -0.2) is 20.5 Å². The van der Waals surface area contributed by atoms with Gasteiger partial charge in [-0.05, 0) is 51.0 Å². The molecule has 1 N–H and O–H groups in total. The Hall–Kier alpha value is -3.18. The van der Waals surface area contributed by atoms with Gasteiger partial charge in [-0.1, -0.05) is 47.5 Å². The van der Waals surface area contributed by atoms with E-state index in [1.165, 1.54) is 5.56 Å². The highest BCUT2D eigenvalue weighted by molar-refractivity contribution is 6.31. The van der Waals surface area contributed by atoms with Crippen molar-refractivity contribution in [2.45, 2.75) is 27.7 Å². The maximum Gasteiger partial charge on any atom is 0.259 e. The van der Waals surface area contributed by atoms with Crippen molar-refractivity contribution in [3.05, 3.63) is 81.8 Å². The number of nitrogens with zero attached hydrogens (tertiary/aromatic N) is 3. The fraction of sp³-hybridized carbons (Fsp3) is 0.174. The van der Waals surface area contributed by atoms with Crippen molar-refractivity contribution in [2.75, 3.05) is 5.32 Å². The van der Waals surface area contributed by atoms with Gasteiger partial charge in [-0.3, -0.25) is 4.79 Å². The number of aromatic nitrogens is 3. The van der Waals surface area contributed by atoms with Gasteiger partial charge < -0.3 is 5.32 Å². The lowest BCUT2D eigenvalue weighted by Crippen LogP contribution is -2.16. The van der Waals surface area contributed by atoms with E-state index in [1.54, 1.807) is 16.8 Å². The molecule has 29 heavy (non-hydrogen) atoms. The van der Waals surface area contributed by atoms with Crippen molar-refractivity contribution in [1.82, 2.24) is 14.6 Å². The zero-order valence-electron chi connectivity index (χ0n) is 16.7. The van der Waals surface area contributed by atoms with Gasteiger partial charge in [0.1, 0.15) is 0 Å². The van der Waals surface area contributed by atoms with E-state index in [9.17, 15) is 4.79 Å². The average molecular weight is 405 g/mol. The molecule has 0 spiro atoms. The Kier molecular flexibility index (Phi) is 4.84. The molecule has 0 fully saturated rings. The second-order valence-corrected chi connectivity index (χ2v) is 7.60. The minimum absolute atomic E-state index is 0.243. The summed E-state index contributed by atoms with van der Waals surface area (Å²) in [5, 5.41) is 8.19. The molecular formula is C23H21ClN4O. The highest BCUT2D eigenvalue weighted by atomic mass is 35.5. The highest BCUT2D eigenvalue weighted by Crippen LogP contribution is 2.29. The van der Waals surface area contributed by atoms with Crippen LogP contribution in [0.1, 0.15) is 32.9 Å². The number of aryl methyl sites for hydroxylation is 3. The maximum absolute atomic E-state index is 12.9. The summed E-state index contributed by atoms with van der Waals surface area (Å²) in [6, 6.07) is 13.7. The molecule has 146 valence electrons. The normalized spacial score (nSPS) is 11.1. The van der Waals surface area contributed by atoms with E-state index in [-0.39, 0.29) is 5.91 Å². The minimum atomic E-state index is -0.243. The zero-order chi connectivity index (χ0) is 20.7. The van der Waals surface area contributed by atoms with Gasteiger partial charge in [-0.15, -0.1) is 0 Å². The van der Waals surface area contributed by atoms with Crippen LogP contribution in [0.5, 0.6) is 0 Å². The molecule has 0 saturated heterocycles. The van der Waals surface area contributed by atoms with E-state index in [0.29, 0.717) is 16.3 Å². The fourth-order valence-electron chi connectivity index (χ4n) is 3.50. The SMILES string of the molecule is Cc1cccc(-c2c(C)nn3c(C)c(C(=O)Nc4cccc(Cl)c4C)cnc23)c1. The monoisotopic (exact) mass is 404 g/mol. The molecule has 1 amide bonds. The maximum atomic E-state index is 12.9. The molecule has 4 aromatic rings. The van der Waals surface area contributed by atoms with Crippen LogP contribution < -0.4 is 5.32 Å². The molecule has 0 bridgehead atoms. The fourth-order valence-corrected chi connectivity index (χ4v) is 3.67. The number of anilines is 1. The van der Waals surface area contributed by atoms with Crippen LogP contribution in [0.4, 0.5) is 5.69 Å². The number of benzene rings is 2. The molecule has 0 aliphatic rings. The first kappa shape index (κ1) is 19.2. The summed E-state index contributed by atoms with van der Waals surface area (Å²) < 4.78 is 1.74. The number of halogens is 1. The van der Waals surface area contributed by atoms with Gasteiger partial charge in [-0.2, -0.15) is 5.10 Å². The third-order valence-electron chi connectivity index (χ3n) is 5.13. The van der Waals surface area contributed by atoms with Crippen LogP contribution in [0.15, 0.2) is 48.7 Å². The van der Waals surface area contributed by atoms with E-state index in [4.69, 9.17) is 11.6 Å². The molecule has 5 nitrogen and oxygen atoms in total. The van der Waals surface area contributed by atoms with Crippen molar-refractivity contribution in [3.63, 3.8) is 0 Å². The number of rotatable bonds is 3. The lowest BCUT2D eigenvalue weighted by atomic mass is 10.0. The molecule has 0 saturated carbocycles. The molecule has 0 aliphatic carbocycles. The Bertz CT molecular complexity index is 1260. The van der Waals surface area contributed by atoms with Crippen molar-refractivity contribution < 1.29 is 4.79 Å². The second kappa shape index (κ2) is 7.33. The predicted octanol–water partition coefficient (Wildman–Crippen LogP) is 5.54. The summed E-state index contributed by atoms with van der Waals surface area (Å²) in [5.41, 5.74) is 7.53. The third-order valence-corrected chi connectivity index (χ3v) is 5.54. The Morgan fingerprint density at radius 1 is 1.07 bits per heavy atom. The molecule has 2 aromatic heterocycles. The number of amides is 1. The molecule has 6 heteroatoms. The Balaban J connectivity index is 1.77. The molecular weight excluding hydrogens is 384 g/mol. The highest BCUT2D eigenvalue weighted by Gasteiger charge is 2.19. The summed E-state index contributed by atoms with van der Waals surface area (Å²) in [6.07, 6.45) is 1.61. The van der Waals surface area contributed by atoms with E-state index in [2.05, 4.69) is 40.5 Å². The quantitative estimate of drug-likeness (QED) is 0.488. The molecule has 4 rings (SSSR count). The van der Waals surface area contributed by atoms with Crippen molar-refractivity contribution >= 4 is 28.8 Å². The Morgan fingerprint density at radius 2 is 1.83 bits per heavy atom. The van der Waals surface area contributed by atoms with Gasteiger partial charge in [0.15, 0.2) is 5.65 Å². The van der Waals surface area contributed by atoms with E-state index < -0.39 is 0 Å². The molecule has 2 heterocycles. The van der Waals surface area contributed by atoms with Crippen molar-refractivity contribution in [1.29, 1.82) is 0 Å². The van der Waals surface area contributed by atoms with Gasteiger partial charge in [-0.25, -0.2) is 9.50 Å².